The van der Waals surface area contributed by atoms with Gasteiger partial charge in [-0.1, -0.05) is 30.3 Å². The van der Waals surface area contributed by atoms with Crippen LogP contribution in [0, 0.1) is 0 Å². The van der Waals surface area contributed by atoms with Gasteiger partial charge in [0, 0.05) is 18.7 Å². The van der Waals surface area contributed by atoms with E-state index in [1.807, 2.05) is 30.3 Å². The van der Waals surface area contributed by atoms with Crippen LogP contribution in [0.2, 0.25) is 0 Å². The standard InChI is InChI=1S/C12H13NO2/c1-9-8-11(14)13(2)12(15-9)10-6-4-3-5-7-10/h3-8,12H,1-2H3. The molecule has 0 spiro atoms. The Morgan fingerprint density at radius 2 is 1.93 bits per heavy atom. The Kier molecular flexibility index (Phi) is 2.46. The second kappa shape index (κ2) is 3.77. The first-order chi connectivity index (χ1) is 7.18. The quantitative estimate of drug-likeness (QED) is 0.699. The molecule has 1 amide bonds. The average Bonchev–Trinajstić information content (AvgIpc) is 2.24. The van der Waals surface area contributed by atoms with Crippen molar-refractivity contribution in [3.8, 4) is 0 Å². The average molecular weight is 203 g/mol. The number of ether oxygens (including phenoxy) is 1. The highest BCUT2D eigenvalue weighted by Crippen LogP contribution is 2.27. The van der Waals surface area contributed by atoms with E-state index in [0.29, 0.717) is 5.76 Å². The summed E-state index contributed by atoms with van der Waals surface area (Å²) in [5.74, 6) is 0.638. The van der Waals surface area contributed by atoms with Crippen molar-refractivity contribution in [1.82, 2.24) is 4.90 Å². The molecule has 0 aromatic heterocycles. The van der Waals surface area contributed by atoms with Gasteiger partial charge in [-0.3, -0.25) is 4.79 Å². The lowest BCUT2D eigenvalue weighted by molar-refractivity contribution is -0.139. The molecule has 0 N–H and O–H groups in total. The lowest BCUT2D eigenvalue weighted by Crippen LogP contribution is -2.34. The van der Waals surface area contributed by atoms with E-state index in [9.17, 15) is 4.79 Å². The molecule has 0 fully saturated rings. The number of likely N-dealkylation sites (N-methyl/N-ethyl adjacent to an activating group) is 1. The molecule has 0 saturated heterocycles. The highest BCUT2D eigenvalue weighted by atomic mass is 16.5. The van der Waals surface area contributed by atoms with E-state index in [1.54, 1.807) is 18.9 Å². The van der Waals surface area contributed by atoms with Gasteiger partial charge in [-0.15, -0.1) is 0 Å². The number of nitrogens with zero attached hydrogens (tertiary/aromatic N) is 1. The Morgan fingerprint density at radius 1 is 1.27 bits per heavy atom. The molecule has 1 atom stereocenters. The topological polar surface area (TPSA) is 29.5 Å². The third-order valence-corrected chi connectivity index (χ3v) is 2.41. The van der Waals surface area contributed by atoms with Gasteiger partial charge in [-0.2, -0.15) is 0 Å². The largest absolute Gasteiger partial charge is 0.471 e. The number of carbonyl (C=O) groups excluding carboxylic acids is 1. The van der Waals surface area contributed by atoms with Gasteiger partial charge in [0.15, 0.2) is 6.23 Å². The fourth-order valence-corrected chi connectivity index (χ4v) is 1.59. The summed E-state index contributed by atoms with van der Waals surface area (Å²) in [6.45, 7) is 1.79. The Hall–Kier alpha value is -1.77. The molecule has 15 heavy (non-hydrogen) atoms. The first-order valence-corrected chi connectivity index (χ1v) is 4.85. The number of carbonyl (C=O) groups is 1. The zero-order chi connectivity index (χ0) is 10.8. The number of rotatable bonds is 1. The second-order valence-corrected chi connectivity index (χ2v) is 3.59. The van der Waals surface area contributed by atoms with E-state index in [-0.39, 0.29) is 12.1 Å². The Balaban J connectivity index is 2.31. The van der Waals surface area contributed by atoms with Gasteiger partial charge in [-0.25, -0.2) is 0 Å². The number of hydrogen-bond acceptors (Lipinski definition) is 2. The van der Waals surface area contributed by atoms with E-state index >= 15 is 0 Å². The Bertz CT molecular complexity index is 397. The van der Waals surface area contributed by atoms with Crippen LogP contribution in [-0.2, 0) is 9.53 Å². The molecule has 0 bridgehead atoms. The highest BCUT2D eigenvalue weighted by molar-refractivity contribution is 5.88. The number of hydrogen-bond donors (Lipinski definition) is 0. The molecule has 1 aliphatic heterocycles. The smallest absolute Gasteiger partial charge is 0.252 e. The summed E-state index contributed by atoms with van der Waals surface area (Å²) in [6, 6.07) is 9.71. The van der Waals surface area contributed by atoms with Crippen molar-refractivity contribution in [2.24, 2.45) is 0 Å². The fourth-order valence-electron chi connectivity index (χ4n) is 1.59. The maximum absolute atomic E-state index is 11.6. The summed E-state index contributed by atoms with van der Waals surface area (Å²) in [7, 11) is 1.74. The zero-order valence-electron chi connectivity index (χ0n) is 8.81. The van der Waals surface area contributed by atoms with Crippen LogP contribution in [0.25, 0.3) is 0 Å². The molecule has 1 aromatic rings. The predicted octanol–water partition coefficient (Wildman–Crippen LogP) is 2.08. The predicted molar refractivity (Wildman–Crippen MR) is 56.8 cm³/mol. The summed E-state index contributed by atoms with van der Waals surface area (Å²) < 4.78 is 5.62. The van der Waals surface area contributed by atoms with Crippen LogP contribution in [0.5, 0.6) is 0 Å². The molecule has 3 nitrogen and oxygen atoms in total. The summed E-state index contributed by atoms with van der Waals surface area (Å²) >= 11 is 0. The summed E-state index contributed by atoms with van der Waals surface area (Å²) in [6.07, 6.45) is 1.20. The van der Waals surface area contributed by atoms with Gasteiger partial charge in [0.1, 0.15) is 5.76 Å². The van der Waals surface area contributed by atoms with Crippen LogP contribution in [0.3, 0.4) is 0 Å². The number of allylic oxidation sites excluding steroid dienone is 1. The Morgan fingerprint density at radius 3 is 2.60 bits per heavy atom. The molecule has 0 radical (unpaired) electrons. The molecule has 1 heterocycles. The lowest BCUT2D eigenvalue weighted by atomic mass is 10.1. The molecule has 3 heteroatoms. The van der Waals surface area contributed by atoms with E-state index in [2.05, 4.69) is 0 Å². The summed E-state index contributed by atoms with van der Waals surface area (Å²) in [5.41, 5.74) is 0.987. The number of amides is 1. The molecule has 1 unspecified atom stereocenters. The Labute approximate surface area is 89.0 Å². The molecule has 1 aliphatic rings. The van der Waals surface area contributed by atoms with Crippen molar-refractivity contribution >= 4 is 5.91 Å². The van der Waals surface area contributed by atoms with Crippen LogP contribution in [-0.4, -0.2) is 17.9 Å². The van der Waals surface area contributed by atoms with E-state index in [1.165, 1.54) is 6.08 Å². The minimum Gasteiger partial charge on any atom is -0.471 e. The maximum Gasteiger partial charge on any atom is 0.252 e. The van der Waals surface area contributed by atoms with E-state index in [4.69, 9.17) is 4.74 Å². The molecular formula is C12H13NO2. The van der Waals surface area contributed by atoms with Crippen LogP contribution in [0.15, 0.2) is 42.2 Å². The minimum atomic E-state index is -0.302. The van der Waals surface area contributed by atoms with E-state index < -0.39 is 0 Å². The molecule has 0 aliphatic carbocycles. The van der Waals surface area contributed by atoms with Gasteiger partial charge in [-0.05, 0) is 6.92 Å². The summed E-state index contributed by atoms with van der Waals surface area (Å²) in [5, 5.41) is 0. The SMILES string of the molecule is CC1=CC(=O)N(C)C(c2ccccc2)O1. The molecular weight excluding hydrogens is 190 g/mol. The maximum atomic E-state index is 11.6. The number of benzene rings is 1. The van der Waals surface area contributed by atoms with Crippen LogP contribution >= 0.6 is 0 Å². The fraction of sp³-hybridized carbons (Fsp3) is 0.250. The molecule has 0 saturated carbocycles. The van der Waals surface area contributed by atoms with Crippen molar-refractivity contribution in [1.29, 1.82) is 0 Å². The van der Waals surface area contributed by atoms with Gasteiger partial charge in [0.2, 0.25) is 0 Å². The van der Waals surface area contributed by atoms with Crippen molar-refractivity contribution in [3.63, 3.8) is 0 Å². The zero-order valence-corrected chi connectivity index (χ0v) is 8.81. The third-order valence-electron chi connectivity index (χ3n) is 2.41. The van der Waals surface area contributed by atoms with Gasteiger partial charge in [0.05, 0.1) is 0 Å². The van der Waals surface area contributed by atoms with Crippen LogP contribution in [0.4, 0.5) is 0 Å². The van der Waals surface area contributed by atoms with Crippen molar-refractivity contribution in [2.75, 3.05) is 7.05 Å². The first kappa shape index (κ1) is 9.77. The van der Waals surface area contributed by atoms with E-state index in [0.717, 1.165) is 5.56 Å². The molecule has 1 aromatic carbocycles. The highest BCUT2D eigenvalue weighted by Gasteiger charge is 2.26. The minimum absolute atomic E-state index is 0.0207. The van der Waals surface area contributed by atoms with Crippen molar-refractivity contribution in [3.05, 3.63) is 47.7 Å². The van der Waals surface area contributed by atoms with Crippen LogP contribution < -0.4 is 0 Å². The third kappa shape index (κ3) is 1.86. The summed E-state index contributed by atoms with van der Waals surface area (Å²) in [4.78, 5) is 13.1. The lowest BCUT2D eigenvalue weighted by Gasteiger charge is -2.32. The van der Waals surface area contributed by atoms with Crippen LogP contribution in [0.1, 0.15) is 18.7 Å². The van der Waals surface area contributed by atoms with Crippen molar-refractivity contribution < 1.29 is 9.53 Å². The first-order valence-electron chi connectivity index (χ1n) is 4.85. The van der Waals surface area contributed by atoms with Gasteiger partial charge in [0.25, 0.3) is 5.91 Å². The normalized spacial score (nSPS) is 20.9. The van der Waals surface area contributed by atoms with Gasteiger partial charge < -0.3 is 9.64 Å². The molecule has 2 rings (SSSR count). The monoisotopic (exact) mass is 203 g/mol. The molecule has 78 valence electrons. The van der Waals surface area contributed by atoms with Gasteiger partial charge >= 0.3 is 0 Å². The second-order valence-electron chi connectivity index (χ2n) is 3.59. The van der Waals surface area contributed by atoms with Crippen molar-refractivity contribution in [2.45, 2.75) is 13.2 Å².